The van der Waals surface area contributed by atoms with Crippen molar-refractivity contribution in [1.82, 2.24) is 0 Å². The molecule has 0 aromatic heterocycles. The van der Waals surface area contributed by atoms with Gasteiger partial charge < -0.3 is 9.47 Å². The van der Waals surface area contributed by atoms with Crippen LogP contribution < -0.4 is 0 Å². The molecule has 2 heteroatoms. The van der Waals surface area contributed by atoms with Crippen LogP contribution >= 0.6 is 0 Å². The monoisotopic (exact) mass is 252 g/mol. The van der Waals surface area contributed by atoms with E-state index >= 15 is 0 Å². The van der Waals surface area contributed by atoms with Crippen LogP contribution in [0, 0.1) is 5.41 Å². The van der Waals surface area contributed by atoms with Crippen LogP contribution in [0.25, 0.3) is 0 Å². The second kappa shape index (κ2) is 5.75. The number of rotatable bonds is 5. The van der Waals surface area contributed by atoms with Gasteiger partial charge in [0.25, 0.3) is 0 Å². The molecule has 2 aliphatic rings. The van der Waals surface area contributed by atoms with Gasteiger partial charge in [-0.2, -0.15) is 0 Å². The van der Waals surface area contributed by atoms with Gasteiger partial charge in [-0.3, -0.25) is 0 Å². The molecular formula is C16H28O2. The third kappa shape index (κ3) is 3.16. The summed E-state index contributed by atoms with van der Waals surface area (Å²) in [6.07, 6.45) is 10.9. The Morgan fingerprint density at radius 3 is 2.50 bits per heavy atom. The first-order chi connectivity index (χ1) is 8.58. The maximum Gasteiger partial charge on any atom is 0.168 e. The lowest BCUT2D eigenvalue weighted by Gasteiger charge is -2.34. The van der Waals surface area contributed by atoms with Gasteiger partial charge in [-0.05, 0) is 43.9 Å². The van der Waals surface area contributed by atoms with Crippen molar-refractivity contribution in [3.63, 3.8) is 0 Å². The number of ether oxygens (including phenoxy) is 2. The van der Waals surface area contributed by atoms with Crippen molar-refractivity contribution in [3.8, 4) is 0 Å². The standard InChI is InChI=1S/C16H28O2/c1-4-16(17-12-13-18-16)11-10-15(2,3)14-8-6-5-7-9-14/h8H,4-7,9-13H2,1-3H3. The summed E-state index contributed by atoms with van der Waals surface area (Å²) >= 11 is 0. The molecule has 0 N–H and O–H groups in total. The van der Waals surface area contributed by atoms with Crippen molar-refractivity contribution in [2.45, 2.75) is 71.5 Å². The summed E-state index contributed by atoms with van der Waals surface area (Å²) in [7, 11) is 0. The second-order valence-electron chi connectivity index (χ2n) is 6.32. The molecule has 0 atom stereocenters. The van der Waals surface area contributed by atoms with Gasteiger partial charge in [0.15, 0.2) is 5.79 Å². The van der Waals surface area contributed by atoms with Gasteiger partial charge in [0.1, 0.15) is 0 Å². The van der Waals surface area contributed by atoms with Crippen molar-refractivity contribution in [3.05, 3.63) is 11.6 Å². The first-order valence-electron chi connectivity index (χ1n) is 7.55. The van der Waals surface area contributed by atoms with E-state index in [1.165, 1.54) is 25.7 Å². The van der Waals surface area contributed by atoms with Crippen molar-refractivity contribution in [1.29, 1.82) is 0 Å². The molecule has 0 bridgehead atoms. The first kappa shape index (κ1) is 14.1. The third-order valence-corrected chi connectivity index (χ3v) is 4.64. The van der Waals surface area contributed by atoms with Crippen molar-refractivity contribution >= 4 is 0 Å². The molecular weight excluding hydrogens is 224 g/mol. The molecule has 1 fully saturated rings. The minimum Gasteiger partial charge on any atom is -0.348 e. The molecule has 1 heterocycles. The second-order valence-corrected chi connectivity index (χ2v) is 6.32. The minimum atomic E-state index is -0.285. The van der Waals surface area contributed by atoms with Gasteiger partial charge in [0.2, 0.25) is 0 Å². The van der Waals surface area contributed by atoms with Crippen molar-refractivity contribution < 1.29 is 9.47 Å². The quantitative estimate of drug-likeness (QED) is 0.673. The SMILES string of the molecule is CCC1(CCC(C)(C)C2=CCCCC2)OCCO1. The highest BCUT2D eigenvalue weighted by Crippen LogP contribution is 2.41. The summed E-state index contributed by atoms with van der Waals surface area (Å²) in [5.41, 5.74) is 1.95. The van der Waals surface area contributed by atoms with E-state index in [-0.39, 0.29) is 5.79 Å². The zero-order valence-corrected chi connectivity index (χ0v) is 12.3. The van der Waals surface area contributed by atoms with Crippen molar-refractivity contribution in [2.75, 3.05) is 13.2 Å². The Kier molecular flexibility index (Phi) is 4.50. The summed E-state index contributed by atoms with van der Waals surface area (Å²) in [6, 6.07) is 0. The number of hydrogen-bond acceptors (Lipinski definition) is 2. The highest BCUT2D eigenvalue weighted by atomic mass is 16.7. The van der Waals surface area contributed by atoms with Crippen LogP contribution in [-0.4, -0.2) is 19.0 Å². The molecule has 1 aliphatic carbocycles. The van der Waals surface area contributed by atoms with E-state index in [0.29, 0.717) is 5.41 Å². The van der Waals surface area contributed by atoms with Crippen LogP contribution in [0.15, 0.2) is 11.6 Å². The van der Waals surface area contributed by atoms with Crippen LogP contribution in [0.2, 0.25) is 0 Å². The fraction of sp³-hybridized carbons (Fsp3) is 0.875. The van der Waals surface area contributed by atoms with Gasteiger partial charge in [-0.15, -0.1) is 0 Å². The van der Waals surface area contributed by atoms with Crippen LogP contribution in [0.3, 0.4) is 0 Å². The maximum atomic E-state index is 5.83. The summed E-state index contributed by atoms with van der Waals surface area (Å²) in [4.78, 5) is 0. The molecule has 1 saturated heterocycles. The molecule has 0 amide bonds. The van der Waals surface area contributed by atoms with E-state index < -0.39 is 0 Å². The van der Waals surface area contributed by atoms with E-state index in [1.807, 2.05) is 0 Å². The predicted molar refractivity (Wildman–Crippen MR) is 74.5 cm³/mol. The van der Waals surface area contributed by atoms with Gasteiger partial charge in [-0.1, -0.05) is 32.4 Å². The Hall–Kier alpha value is -0.340. The third-order valence-electron chi connectivity index (χ3n) is 4.64. The zero-order chi connectivity index (χ0) is 13.1. The summed E-state index contributed by atoms with van der Waals surface area (Å²) in [6.45, 7) is 8.44. The Morgan fingerprint density at radius 1 is 1.22 bits per heavy atom. The highest BCUT2D eigenvalue weighted by Gasteiger charge is 2.37. The molecule has 2 nitrogen and oxygen atoms in total. The largest absolute Gasteiger partial charge is 0.348 e. The normalized spacial score (nSPS) is 24.1. The molecule has 0 aromatic carbocycles. The van der Waals surface area contributed by atoms with Gasteiger partial charge in [0, 0.05) is 6.42 Å². The zero-order valence-electron chi connectivity index (χ0n) is 12.3. The molecule has 0 saturated carbocycles. The lowest BCUT2D eigenvalue weighted by Crippen LogP contribution is -2.31. The van der Waals surface area contributed by atoms with Gasteiger partial charge in [0.05, 0.1) is 13.2 Å². The van der Waals surface area contributed by atoms with Crippen LogP contribution in [0.4, 0.5) is 0 Å². The van der Waals surface area contributed by atoms with E-state index in [0.717, 1.165) is 32.5 Å². The molecule has 18 heavy (non-hydrogen) atoms. The summed E-state index contributed by atoms with van der Waals surface area (Å²) < 4.78 is 11.7. The average molecular weight is 252 g/mol. The Labute approximate surface area is 112 Å². The van der Waals surface area contributed by atoms with Crippen molar-refractivity contribution in [2.24, 2.45) is 5.41 Å². The van der Waals surface area contributed by atoms with Crippen LogP contribution in [-0.2, 0) is 9.47 Å². The van der Waals surface area contributed by atoms with Crippen LogP contribution in [0.1, 0.15) is 65.7 Å². The molecule has 0 radical (unpaired) electrons. The summed E-state index contributed by atoms with van der Waals surface area (Å²) in [5.74, 6) is -0.285. The molecule has 1 aliphatic heterocycles. The summed E-state index contributed by atoms with van der Waals surface area (Å²) in [5, 5.41) is 0. The molecule has 0 aromatic rings. The molecule has 0 unspecified atom stereocenters. The van der Waals surface area contributed by atoms with E-state index in [9.17, 15) is 0 Å². The maximum absolute atomic E-state index is 5.83. The Balaban J connectivity index is 1.93. The van der Waals surface area contributed by atoms with Gasteiger partial charge in [-0.25, -0.2) is 0 Å². The first-order valence-corrected chi connectivity index (χ1v) is 7.55. The molecule has 0 spiro atoms. The smallest absolute Gasteiger partial charge is 0.168 e. The average Bonchev–Trinajstić information content (AvgIpc) is 2.87. The van der Waals surface area contributed by atoms with E-state index in [1.54, 1.807) is 5.57 Å². The lowest BCUT2D eigenvalue weighted by atomic mass is 9.74. The lowest BCUT2D eigenvalue weighted by molar-refractivity contribution is -0.167. The molecule has 104 valence electrons. The van der Waals surface area contributed by atoms with E-state index in [4.69, 9.17) is 9.47 Å². The highest BCUT2D eigenvalue weighted by molar-refractivity contribution is 5.14. The van der Waals surface area contributed by atoms with Gasteiger partial charge >= 0.3 is 0 Å². The fourth-order valence-corrected chi connectivity index (χ4v) is 3.14. The Bertz CT molecular complexity index is 298. The number of allylic oxidation sites excluding steroid dienone is 2. The number of hydrogen-bond donors (Lipinski definition) is 0. The predicted octanol–water partition coefficient (Wildman–Crippen LogP) is 4.45. The minimum absolute atomic E-state index is 0.285. The fourth-order valence-electron chi connectivity index (χ4n) is 3.14. The topological polar surface area (TPSA) is 18.5 Å². The molecule has 2 rings (SSSR count). The van der Waals surface area contributed by atoms with E-state index in [2.05, 4.69) is 26.8 Å². The Morgan fingerprint density at radius 2 is 1.94 bits per heavy atom. The van der Waals surface area contributed by atoms with Crippen LogP contribution in [0.5, 0.6) is 0 Å².